The highest BCUT2D eigenvalue weighted by Crippen LogP contribution is 2.34. The van der Waals surface area contributed by atoms with Gasteiger partial charge in [0.15, 0.2) is 0 Å². The molecule has 1 aliphatic rings. The van der Waals surface area contributed by atoms with Crippen LogP contribution in [0.25, 0.3) is 0 Å². The number of ether oxygens (including phenoxy) is 1. The third-order valence-electron chi connectivity index (χ3n) is 2.17. The van der Waals surface area contributed by atoms with E-state index in [2.05, 4.69) is 22.0 Å². The molecular formula is C10H8BrNO. The zero-order valence-electron chi connectivity index (χ0n) is 6.96. The Morgan fingerprint density at radius 3 is 3.15 bits per heavy atom. The number of rotatable bonds is 0. The molecule has 13 heavy (non-hydrogen) atoms. The van der Waals surface area contributed by atoms with Gasteiger partial charge in [-0.1, -0.05) is 15.9 Å². The summed E-state index contributed by atoms with van der Waals surface area (Å²) in [5, 5.41) is 8.91. The largest absolute Gasteiger partial charge is 0.493 e. The standard InChI is InChI=1S/C10H8BrNO/c11-8-1-2-10-9(5-8)7(6-12)3-4-13-10/h1-2,5,7H,3-4H2. The van der Waals surface area contributed by atoms with Crippen molar-refractivity contribution < 1.29 is 4.74 Å². The van der Waals surface area contributed by atoms with Crippen LogP contribution >= 0.6 is 15.9 Å². The molecule has 0 spiro atoms. The Morgan fingerprint density at radius 2 is 2.38 bits per heavy atom. The third kappa shape index (κ3) is 1.54. The lowest BCUT2D eigenvalue weighted by Gasteiger charge is -2.21. The van der Waals surface area contributed by atoms with Gasteiger partial charge in [0, 0.05) is 16.5 Å². The first-order chi connectivity index (χ1) is 6.31. The van der Waals surface area contributed by atoms with Crippen LogP contribution in [0, 0.1) is 11.3 Å². The van der Waals surface area contributed by atoms with Gasteiger partial charge in [-0.05, 0) is 18.2 Å². The fraction of sp³-hybridized carbons (Fsp3) is 0.300. The first-order valence-electron chi connectivity index (χ1n) is 4.13. The Morgan fingerprint density at radius 1 is 1.54 bits per heavy atom. The van der Waals surface area contributed by atoms with Crippen LogP contribution < -0.4 is 4.74 Å². The summed E-state index contributed by atoms with van der Waals surface area (Å²) in [7, 11) is 0. The quantitative estimate of drug-likeness (QED) is 0.696. The molecule has 1 aromatic rings. The smallest absolute Gasteiger partial charge is 0.123 e. The number of fused-ring (bicyclic) bond motifs is 1. The molecule has 2 nitrogen and oxygen atoms in total. The first kappa shape index (κ1) is 8.58. The van der Waals surface area contributed by atoms with E-state index in [9.17, 15) is 0 Å². The second-order valence-electron chi connectivity index (χ2n) is 3.00. The summed E-state index contributed by atoms with van der Waals surface area (Å²) < 4.78 is 6.44. The summed E-state index contributed by atoms with van der Waals surface area (Å²) in [5.74, 6) is 0.835. The van der Waals surface area contributed by atoms with Crippen molar-refractivity contribution in [2.45, 2.75) is 12.3 Å². The minimum absolute atomic E-state index is 0.0127. The van der Waals surface area contributed by atoms with Crippen LogP contribution in [-0.4, -0.2) is 6.61 Å². The molecule has 0 saturated carbocycles. The van der Waals surface area contributed by atoms with Crippen molar-refractivity contribution in [1.82, 2.24) is 0 Å². The van der Waals surface area contributed by atoms with E-state index in [4.69, 9.17) is 10.00 Å². The van der Waals surface area contributed by atoms with Crippen LogP contribution in [0.15, 0.2) is 22.7 Å². The minimum Gasteiger partial charge on any atom is -0.493 e. The summed E-state index contributed by atoms with van der Waals surface area (Å²) in [6, 6.07) is 8.08. The third-order valence-corrected chi connectivity index (χ3v) is 2.66. The van der Waals surface area contributed by atoms with Gasteiger partial charge in [0.05, 0.1) is 18.6 Å². The SMILES string of the molecule is N#CC1CCOc2ccc(Br)cc21. The molecule has 1 heterocycles. The molecule has 1 unspecified atom stereocenters. The molecule has 0 amide bonds. The number of hydrogen-bond acceptors (Lipinski definition) is 2. The van der Waals surface area contributed by atoms with Crippen LogP contribution in [0.5, 0.6) is 5.75 Å². The van der Waals surface area contributed by atoms with Gasteiger partial charge in [0.2, 0.25) is 0 Å². The molecule has 0 aliphatic carbocycles. The summed E-state index contributed by atoms with van der Waals surface area (Å²) in [6.45, 7) is 0.646. The fourth-order valence-electron chi connectivity index (χ4n) is 1.50. The maximum absolute atomic E-state index is 8.91. The highest BCUT2D eigenvalue weighted by atomic mass is 79.9. The summed E-state index contributed by atoms with van der Waals surface area (Å²) in [5.41, 5.74) is 1.00. The van der Waals surface area contributed by atoms with Crippen LogP contribution in [0.1, 0.15) is 17.9 Å². The molecular weight excluding hydrogens is 230 g/mol. The zero-order valence-corrected chi connectivity index (χ0v) is 8.54. The van der Waals surface area contributed by atoms with Crippen molar-refractivity contribution in [1.29, 1.82) is 5.26 Å². The number of hydrogen-bond donors (Lipinski definition) is 0. The van der Waals surface area contributed by atoms with Crippen LogP contribution in [0.4, 0.5) is 0 Å². The molecule has 3 heteroatoms. The molecule has 0 aromatic heterocycles. The Balaban J connectivity index is 2.49. The van der Waals surface area contributed by atoms with Crippen molar-refractivity contribution in [3.63, 3.8) is 0 Å². The molecule has 0 fully saturated rings. The van der Waals surface area contributed by atoms with Crippen LogP contribution in [0.2, 0.25) is 0 Å². The Kier molecular flexibility index (Phi) is 2.24. The molecule has 1 aromatic carbocycles. The second-order valence-corrected chi connectivity index (χ2v) is 3.92. The molecule has 0 N–H and O–H groups in total. The van der Waals surface area contributed by atoms with Gasteiger partial charge < -0.3 is 4.74 Å². The monoisotopic (exact) mass is 237 g/mol. The molecule has 66 valence electrons. The van der Waals surface area contributed by atoms with Crippen LogP contribution in [0.3, 0.4) is 0 Å². The van der Waals surface area contributed by atoms with E-state index in [0.29, 0.717) is 6.61 Å². The van der Waals surface area contributed by atoms with Gasteiger partial charge in [0.25, 0.3) is 0 Å². The Hall–Kier alpha value is -1.01. The van der Waals surface area contributed by atoms with Crippen LogP contribution in [-0.2, 0) is 0 Å². The lowest BCUT2D eigenvalue weighted by atomic mass is 9.95. The number of nitrogens with zero attached hydrogens (tertiary/aromatic N) is 1. The van der Waals surface area contributed by atoms with Crippen molar-refractivity contribution in [2.75, 3.05) is 6.61 Å². The lowest BCUT2D eigenvalue weighted by Crippen LogP contribution is -2.12. The Bertz CT molecular complexity index is 370. The lowest BCUT2D eigenvalue weighted by molar-refractivity contribution is 0.280. The minimum atomic E-state index is -0.0127. The molecule has 0 saturated heterocycles. The summed E-state index contributed by atoms with van der Waals surface area (Å²) >= 11 is 3.38. The number of halogens is 1. The topological polar surface area (TPSA) is 33.0 Å². The van der Waals surface area contributed by atoms with E-state index in [1.807, 2.05) is 18.2 Å². The van der Waals surface area contributed by atoms with Gasteiger partial charge in [-0.2, -0.15) is 5.26 Å². The maximum Gasteiger partial charge on any atom is 0.123 e. The van der Waals surface area contributed by atoms with Crippen molar-refractivity contribution in [3.05, 3.63) is 28.2 Å². The number of benzene rings is 1. The second kappa shape index (κ2) is 3.39. The zero-order chi connectivity index (χ0) is 9.26. The van der Waals surface area contributed by atoms with E-state index >= 15 is 0 Å². The van der Waals surface area contributed by atoms with E-state index in [1.165, 1.54) is 0 Å². The first-order valence-corrected chi connectivity index (χ1v) is 4.92. The molecule has 1 atom stereocenters. The van der Waals surface area contributed by atoms with E-state index in [1.54, 1.807) is 0 Å². The van der Waals surface area contributed by atoms with E-state index < -0.39 is 0 Å². The average molecular weight is 238 g/mol. The summed E-state index contributed by atoms with van der Waals surface area (Å²) in [4.78, 5) is 0. The van der Waals surface area contributed by atoms with Gasteiger partial charge in [-0.3, -0.25) is 0 Å². The highest BCUT2D eigenvalue weighted by molar-refractivity contribution is 9.10. The molecule has 0 radical (unpaired) electrons. The van der Waals surface area contributed by atoms with Gasteiger partial charge in [0.1, 0.15) is 5.75 Å². The van der Waals surface area contributed by atoms with E-state index in [0.717, 1.165) is 22.2 Å². The normalized spacial score (nSPS) is 19.8. The number of nitriles is 1. The Labute approximate surface area is 85.3 Å². The van der Waals surface area contributed by atoms with Gasteiger partial charge in [-0.25, -0.2) is 0 Å². The predicted octanol–water partition coefficient (Wildman–Crippen LogP) is 2.84. The molecule has 0 bridgehead atoms. The average Bonchev–Trinajstić information content (AvgIpc) is 2.17. The maximum atomic E-state index is 8.91. The predicted molar refractivity (Wildman–Crippen MR) is 52.6 cm³/mol. The summed E-state index contributed by atoms with van der Waals surface area (Å²) in [6.07, 6.45) is 0.792. The van der Waals surface area contributed by atoms with Crippen molar-refractivity contribution in [2.24, 2.45) is 0 Å². The fourth-order valence-corrected chi connectivity index (χ4v) is 1.88. The van der Waals surface area contributed by atoms with Crippen molar-refractivity contribution in [3.8, 4) is 11.8 Å². The highest BCUT2D eigenvalue weighted by Gasteiger charge is 2.20. The molecule has 1 aliphatic heterocycles. The van der Waals surface area contributed by atoms with E-state index in [-0.39, 0.29) is 5.92 Å². The van der Waals surface area contributed by atoms with Gasteiger partial charge >= 0.3 is 0 Å². The molecule has 2 rings (SSSR count). The van der Waals surface area contributed by atoms with Gasteiger partial charge in [-0.15, -0.1) is 0 Å². The van der Waals surface area contributed by atoms with Crippen molar-refractivity contribution >= 4 is 15.9 Å².